The van der Waals surface area contributed by atoms with Crippen LogP contribution < -0.4 is 5.32 Å². The number of piperidine rings is 1. The lowest BCUT2D eigenvalue weighted by Gasteiger charge is -2.34. The first-order chi connectivity index (χ1) is 7.66. The summed E-state index contributed by atoms with van der Waals surface area (Å²) in [6, 6.07) is 0.617. The van der Waals surface area contributed by atoms with E-state index in [2.05, 4.69) is 36.3 Å². The average Bonchev–Trinajstić information content (AvgIpc) is 2.30. The predicted octanol–water partition coefficient (Wildman–Crippen LogP) is 3.11. The van der Waals surface area contributed by atoms with Gasteiger partial charge in [0.25, 0.3) is 0 Å². The van der Waals surface area contributed by atoms with Gasteiger partial charge in [0.1, 0.15) is 0 Å². The van der Waals surface area contributed by atoms with Gasteiger partial charge in [-0.05, 0) is 45.4 Å². The molecule has 0 radical (unpaired) electrons. The Kier molecular flexibility index (Phi) is 5.93. The van der Waals surface area contributed by atoms with Crippen LogP contribution in [0, 0.1) is 0 Å². The van der Waals surface area contributed by atoms with Gasteiger partial charge >= 0.3 is 0 Å². The molecule has 0 atom stereocenters. The first-order valence-electron chi connectivity index (χ1n) is 6.13. The highest BCUT2D eigenvalue weighted by atomic mass is 35.5. The van der Waals surface area contributed by atoms with E-state index >= 15 is 0 Å². The fraction of sp³-hybridized carbons (Fsp3) is 0.692. The van der Waals surface area contributed by atoms with E-state index < -0.39 is 0 Å². The normalized spacial score (nSPS) is 20.0. The van der Waals surface area contributed by atoms with Crippen LogP contribution in [-0.4, -0.2) is 31.1 Å². The molecule has 3 heteroatoms. The number of nitrogens with one attached hydrogen (secondary N) is 1. The zero-order valence-corrected chi connectivity index (χ0v) is 11.3. The molecule has 92 valence electrons. The second-order valence-electron chi connectivity index (χ2n) is 4.32. The van der Waals surface area contributed by atoms with Crippen molar-refractivity contribution in [2.75, 3.05) is 20.1 Å². The van der Waals surface area contributed by atoms with Crippen molar-refractivity contribution in [3.05, 3.63) is 22.9 Å². The maximum Gasteiger partial charge on any atom is 0.0507 e. The number of hydrogen-bond acceptors (Lipinski definition) is 2. The minimum Gasteiger partial charge on any atom is -0.371 e. The highest BCUT2D eigenvalue weighted by molar-refractivity contribution is 6.29. The molecule has 0 saturated carbocycles. The van der Waals surface area contributed by atoms with Crippen molar-refractivity contribution in [2.45, 2.75) is 39.2 Å². The van der Waals surface area contributed by atoms with Crippen molar-refractivity contribution in [2.24, 2.45) is 0 Å². The van der Waals surface area contributed by atoms with Crippen molar-refractivity contribution < 1.29 is 0 Å². The van der Waals surface area contributed by atoms with Crippen molar-refractivity contribution in [1.29, 1.82) is 0 Å². The summed E-state index contributed by atoms with van der Waals surface area (Å²) in [6.45, 7) is 6.33. The highest BCUT2D eigenvalue weighted by Gasteiger charge is 2.19. The molecule has 1 N–H and O–H groups in total. The largest absolute Gasteiger partial charge is 0.371 e. The van der Waals surface area contributed by atoms with Crippen molar-refractivity contribution in [1.82, 2.24) is 10.2 Å². The van der Waals surface area contributed by atoms with E-state index in [1.165, 1.54) is 12.8 Å². The van der Waals surface area contributed by atoms with Crippen molar-refractivity contribution in [3.63, 3.8) is 0 Å². The lowest BCUT2D eigenvalue weighted by atomic mass is 10.0. The minimum absolute atomic E-state index is 0.617. The molecule has 1 aliphatic heterocycles. The van der Waals surface area contributed by atoms with E-state index in [9.17, 15) is 0 Å². The summed E-state index contributed by atoms with van der Waals surface area (Å²) in [6.07, 6.45) is 7.76. The molecule has 2 nitrogen and oxygen atoms in total. The fourth-order valence-corrected chi connectivity index (χ4v) is 2.29. The van der Waals surface area contributed by atoms with E-state index in [1.807, 2.05) is 6.92 Å². The summed E-state index contributed by atoms with van der Waals surface area (Å²) in [7, 11) is 2.15. The fourth-order valence-electron chi connectivity index (χ4n) is 2.10. The van der Waals surface area contributed by atoms with Crippen LogP contribution in [0.2, 0.25) is 0 Å². The Hall–Kier alpha value is -0.470. The summed E-state index contributed by atoms with van der Waals surface area (Å²) < 4.78 is 0. The maximum atomic E-state index is 6.16. The van der Waals surface area contributed by atoms with Gasteiger partial charge < -0.3 is 10.2 Å². The van der Waals surface area contributed by atoms with Crippen LogP contribution in [0.3, 0.4) is 0 Å². The van der Waals surface area contributed by atoms with Crippen LogP contribution in [0.4, 0.5) is 0 Å². The standard InChI is InChI=1S/C13H23ClN2/c1-4-5-6-13(11(2)14)16(3)12-7-9-15-10-8-12/h5-6,12,15H,4,7-10H2,1-3H3/b6-5-,13-11-. The second kappa shape index (κ2) is 6.97. The van der Waals surface area contributed by atoms with E-state index in [0.29, 0.717) is 6.04 Å². The Morgan fingerprint density at radius 3 is 2.56 bits per heavy atom. The minimum atomic E-state index is 0.617. The molecule has 1 fully saturated rings. The van der Waals surface area contributed by atoms with Crippen LogP contribution in [0.5, 0.6) is 0 Å². The van der Waals surface area contributed by atoms with E-state index in [1.54, 1.807) is 0 Å². The third-order valence-electron chi connectivity index (χ3n) is 3.10. The van der Waals surface area contributed by atoms with Crippen LogP contribution in [0.15, 0.2) is 22.9 Å². The molecule has 0 aliphatic carbocycles. The first-order valence-corrected chi connectivity index (χ1v) is 6.51. The molecule has 0 aromatic rings. The van der Waals surface area contributed by atoms with Gasteiger partial charge in [0.05, 0.1) is 5.70 Å². The lowest BCUT2D eigenvalue weighted by molar-refractivity contribution is 0.250. The Labute approximate surface area is 104 Å². The van der Waals surface area contributed by atoms with Crippen LogP contribution in [0.25, 0.3) is 0 Å². The molecular weight excluding hydrogens is 220 g/mol. The Bertz CT molecular complexity index is 261. The van der Waals surface area contributed by atoms with E-state index in [0.717, 1.165) is 30.2 Å². The second-order valence-corrected chi connectivity index (χ2v) is 4.89. The molecule has 16 heavy (non-hydrogen) atoms. The van der Waals surface area contributed by atoms with Gasteiger partial charge in [0.15, 0.2) is 0 Å². The zero-order chi connectivity index (χ0) is 12.0. The molecule has 1 saturated heterocycles. The van der Waals surface area contributed by atoms with Crippen LogP contribution in [0.1, 0.15) is 33.1 Å². The van der Waals surface area contributed by atoms with Gasteiger partial charge in [-0.15, -0.1) is 0 Å². The van der Waals surface area contributed by atoms with Gasteiger partial charge in [-0.3, -0.25) is 0 Å². The SMILES string of the molecule is CC/C=C\C(=C(/C)Cl)N(C)C1CCNCC1. The summed E-state index contributed by atoms with van der Waals surface area (Å²) in [4.78, 5) is 2.33. The molecule has 0 aromatic heterocycles. The molecule has 1 aliphatic rings. The maximum absolute atomic E-state index is 6.16. The van der Waals surface area contributed by atoms with Crippen LogP contribution in [-0.2, 0) is 0 Å². The quantitative estimate of drug-likeness (QED) is 0.763. The molecule has 1 rings (SSSR count). The summed E-state index contributed by atoms with van der Waals surface area (Å²) in [5.74, 6) is 0. The molecule has 0 bridgehead atoms. The van der Waals surface area contributed by atoms with Gasteiger partial charge in [0, 0.05) is 18.1 Å². The first kappa shape index (κ1) is 13.6. The number of allylic oxidation sites excluding steroid dienone is 3. The van der Waals surface area contributed by atoms with E-state index in [4.69, 9.17) is 11.6 Å². The molecular formula is C13H23ClN2. The number of halogens is 1. The van der Waals surface area contributed by atoms with Crippen LogP contribution >= 0.6 is 11.6 Å². The number of likely N-dealkylation sites (N-methyl/N-ethyl adjacent to an activating group) is 1. The highest BCUT2D eigenvalue weighted by Crippen LogP contribution is 2.20. The lowest BCUT2D eigenvalue weighted by Crippen LogP contribution is -2.40. The number of rotatable bonds is 4. The summed E-state index contributed by atoms with van der Waals surface area (Å²) in [5.41, 5.74) is 1.16. The molecule has 1 heterocycles. The van der Waals surface area contributed by atoms with Gasteiger partial charge in [-0.1, -0.05) is 24.6 Å². The molecule has 0 unspecified atom stereocenters. The predicted molar refractivity (Wildman–Crippen MR) is 71.6 cm³/mol. The molecule has 0 aromatic carbocycles. The molecule has 0 amide bonds. The third-order valence-corrected chi connectivity index (χ3v) is 3.29. The number of nitrogens with zero attached hydrogens (tertiary/aromatic N) is 1. The summed E-state index contributed by atoms with van der Waals surface area (Å²) in [5, 5.41) is 4.27. The van der Waals surface area contributed by atoms with Gasteiger partial charge in [0.2, 0.25) is 0 Å². The monoisotopic (exact) mass is 242 g/mol. The van der Waals surface area contributed by atoms with Crippen molar-refractivity contribution in [3.8, 4) is 0 Å². The molecule has 0 spiro atoms. The average molecular weight is 243 g/mol. The Balaban J connectivity index is 2.70. The Morgan fingerprint density at radius 2 is 2.06 bits per heavy atom. The van der Waals surface area contributed by atoms with Gasteiger partial charge in [-0.2, -0.15) is 0 Å². The zero-order valence-electron chi connectivity index (χ0n) is 10.6. The van der Waals surface area contributed by atoms with Crippen molar-refractivity contribution >= 4 is 11.6 Å². The number of hydrogen-bond donors (Lipinski definition) is 1. The summed E-state index contributed by atoms with van der Waals surface area (Å²) >= 11 is 6.16. The smallest absolute Gasteiger partial charge is 0.0507 e. The van der Waals surface area contributed by atoms with Gasteiger partial charge in [-0.25, -0.2) is 0 Å². The van der Waals surface area contributed by atoms with E-state index in [-0.39, 0.29) is 0 Å². The third kappa shape index (κ3) is 3.84. The Morgan fingerprint density at radius 1 is 1.44 bits per heavy atom. The topological polar surface area (TPSA) is 15.3 Å².